The van der Waals surface area contributed by atoms with Crippen molar-refractivity contribution in [1.82, 2.24) is 15.2 Å². The van der Waals surface area contributed by atoms with Crippen molar-refractivity contribution in [3.05, 3.63) is 40.6 Å². The number of anilines is 1. The number of rotatable bonds is 4. The van der Waals surface area contributed by atoms with Gasteiger partial charge in [-0.2, -0.15) is 10.1 Å². The van der Waals surface area contributed by atoms with Gasteiger partial charge in [-0.1, -0.05) is 6.07 Å². The second kappa shape index (κ2) is 6.14. The number of aromatic amines is 1. The lowest BCUT2D eigenvalue weighted by Crippen LogP contribution is -2.08. The molecule has 0 spiro atoms. The molecule has 98 valence electrons. The van der Waals surface area contributed by atoms with Gasteiger partial charge in [0, 0.05) is 6.08 Å². The summed E-state index contributed by atoms with van der Waals surface area (Å²) in [5.41, 5.74) is 0.875. The van der Waals surface area contributed by atoms with Gasteiger partial charge < -0.3 is 4.74 Å². The number of benzene rings is 1. The van der Waals surface area contributed by atoms with E-state index in [4.69, 9.17) is 4.74 Å². The van der Waals surface area contributed by atoms with E-state index in [9.17, 15) is 4.79 Å². The summed E-state index contributed by atoms with van der Waals surface area (Å²) in [6.45, 7) is 0. The van der Waals surface area contributed by atoms with Gasteiger partial charge in [-0.25, -0.2) is 5.10 Å². The van der Waals surface area contributed by atoms with Crippen LogP contribution in [0.4, 0.5) is 5.95 Å². The zero-order valence-electron chi connectivity index (χ0n) is 10.1. The topological polar surface area (TPSA) is 79.9 Å². The molecule has 1 heterocycles. The number of methoxy groups -OCH3 is 1. The van der Waals surface area contributed by atoms with E-state index >= 15 is 0 Å². The van der Waals surface area contributed by atoms with Gasteiger partial charge in [0.2, 0.25) is 5.95 Å². The van der Waals surface area contributed by atoms with Gasteiger partial charge >= 0.3 is 0 Å². The average Bonchev–Trinajstić information content (AvgIpc) is 2.89. The quantitative estimate of drug-likeness (QED) is 0.846. The lowest BCUT2D eigenvalue weighted by molar-refractivity contribution is -0.111. The third-order valence-electron chi connectivity index (χ3n) is 2.26. The molecule has 2 aromatic rings. The number of hydrogen-bond acceptors (Lipinski definition) is 4. The summed E-state index contributed by atoms with van der Waals surface area (Å²) in [7, 11) is 1.60. The maximum absolute atomic E-state index is 11.6. The number of carbonyl (C=O) groups excluding carboxylic acids is 1. The van der Waals surface area contributed by atoms with Gasteiger partial charge in [0.25, 0.3) is 5.91 Å². The lowest BCUT2D eigenvalue weighted by Gasteiger charge is -2.03. The highest BCUT2D eigenvalue weighted by Gasteiger charge is 2.01. The molecule has 0 aliphatic carbocycles. The summed E-state index contributed by atoms with van der Waals surface area (Å²) in [5.74, 6) is 0.762. The van der Waals surface area contributed by atoms with Crippen LogP contribution < -0.4 is 10.1 Å². The molecule has 1 aromatic carbocycles. The third-order valence-corrected chi connectivity index (χ3v) is 2.88. The molecular formula is C12H11BrN4O2. The largest absolute Gasteiger partial charge is 0.496 e. The third kappa shape index (κ3) is 3.65. The van der Waals surface area contributed by atoms with E-state index in [-0.39, 0.29) is 5.91 Å². The van der Waals surface area contributed by atoms with E-state index < -0.39 is 0 Å². The summed E-state index contributed by atoms with van der Waals surface area (Å²) in [4.78, 5) is 15.4. The summed E-state index contributed by atoms with van der Waals surface area (Å²) in [5, 5.41) is 8.71. The Morgan fingerprint density at radius 2 is 2.37 bits per heavy atom. The zero-order chi connectivity index (χ0) is 13.7. The standard InChI is InChI=1S/C12H11BrN4O2/c1-19-10-4-2-8(6-9(10)13)3-5-11(18)16-12-14-7-15-17-12/h2-7H,1H3,(H2,14,15,16,17,18)/b5-3+. The Morgan fingerprint density at radius 3 is 3.00 bits per heavy atom. The van der Waals surface area contributed by atoms with Crippen LogP contribution in [0.3, 0.4) is 0 Å². The fraction of sp³-hybridized carbons (Fsp3) is 0.0833. The first-order chi connectivity index (χ1) is 9.19. The second-order valence-electron chi connectivity index (χ2n) is 3.55. The monoisotopic (exact) mass is 322 g/mol. The predicted molar refractivity (Wildman–Crippen MR) is 74.7 cm³/mol. The van der Waals surface area contributed by atoms with Gasteiger partial charge in [0.15, 0.2) is 0 Å². The minimum absolute atomic E-state index is 0.288. The molecular weight excluding hydrogens is 312 g/mol. The fourth-order valence-corrected chi connectivity index (χ4v) is 1.94. The van der Waals surface area contributed by atoms with Crippen molar-refractivity contribution in [2.45, 2.75) is 0 Å². The summed E-state index contributed by atoms with van der Waals surface area (Å²) >= 11 is 3.38. The van der Waals surface area contributed by atoms with Crippen molar-refractivity contribution >= 4 is 33.9 Å². The molecule has 0 saturated carbocycles. The Bertz CT molecular complexity index is 596. The molecule has 0 aliphatic rings. The number of nitrogens with one attached hydrogen (secondary N) is 2. The van der Waals surface area contributed by atoms with Crippen LogP contribution in [-0.4, -0.2) is 28.2 Å². The summed E-state index contributed by atoms with van der Waals surface area (Å²) in [6.07, 6.45) is 4.42. The normalized spacial score (nSPS) is 10.6. The number of halogens is 1. The van der Waals surface area contributed by atoms with Crippen molar-refractivity contribution in [2.24, 2.45) is 0 Å². The number of nitrogens with zero attached hydrogens (tertiary/aromatic N) is 2. The fourth-order valence-electron chi connectivity index (χ4n) is 1.38. The number of carbonyl (C=O) groups is 1. The molecule has 2 rings (SSSR count). The van der Waals surface area contributed by atoms with Gasteiger partial charge in [0.1, 0.15) is 12.1 Å². The highest BCUT2D eigenvalue weighted by molar-refractivity contribution is 9.10. The van der Waals surface area contributed by atoms with Crippen LogP contribution in [-0.2, 0) is 4.79 Å². The summed E-state index contributed by atoms with van der Waals surface area (Å²) in [6, 6.07) is 5.52. The molecule has 0 aliphatic heterocycles. The van der Waals surface area contributed by atoms with Crippen molar-refractivity contribution in [2.75, 3.05) is 12.4 Å². The van der Waals surface area contributed by atoms with Gasteiger partial charge in [-0.15, -0.1) is 0 Å². The first-order valence-corrected chi connectivity index (χ1v) is 6.16. The highest BCUT2D eigenvalue weighted by Crippen LogP contribution is 2.25. The van der Waals surface area contributed by atoms with Gasteiger partial charge in [-0.3, -0.25) is 10.1 Å². The van der Waals surface area contributed by atoms with Crippen molar-refractivity contribution in [1.29, 1.82) is 0 Å². The molecule has 19 heavy (non-hydrogen) atoms. The van der Waals surface area contributed by atoms with Crippen molar-refractivity contribution in [3.8, 4) is 5.75 Å². The predicted octanol–water partition coefficient (Wildman–Crippen LogP) is 2.23. The second-order valence-corrected chi connectivity index (χ2v) is 4.40. The minimum Gasteiger partial charge on any atom is -0.496 e. The molecule has 1 aromatic heterocycles. The van der Waals surface area contributed by atoms with Gasteiger partial charge in [-0.05, 0) is 39.7 Å². The van der Waals surface area contributed by atoms with E-state index in [1.807, 2.05) is 18.2 Å². The van der Waals surface area contributed by atoms with E-state index in [2.05, 4.69) is 36.4 Å². The van der Waals surface area contributed by atoms with Crippen LogP contribution in [0.1, 0.15) is 5.56 Å². The Labute approximate surface area is 118 Å². The molecule has 0 atom stereocenters. The van der Waals surface area contributed by atoms with Crippen LogP contribution in [0.5, 0.6) is 5.75 Å². The van der Waals surface area contributed by atoms with Crippen LogP contribution >= 0.6 is 15.9 Å². The summed E-state index contributed by atoms with van der Waals surface area (Å²) < 4.78 is 5.95. The van der Waals surface area contributed by atoms with E-state index in [1.54, 1.807) is 13.2 Å². The number of H-pyrrole nitrogens is 1. The highest BCUT2D eigenvalue weighted by atomic mass is 79.9. The molecule has 0 bridgehead atoms. The Kier molecular flexibility index (Phi) is 4.30. The van der Waals surface area contributed by atoms with Crippen molar-refractivity contribution < 1.29 is 9.53 Å². The SMILES string of the molecule is COc1ccc(/C=C/C(=O)Nc2ncn[nH]2)cc1Br. The van der Waals surface area contributed by atoms with E-state index in [0.29, 0.717) is 5.95 Å². The molecule has 0 unspecified atom stereocenters. The van der Waals surface area contributed by atoms with Gasteiger partial charge in [0.05, 0.1) is 11.6 Å². The molecule has 2 N–H and O–H groups in total. The van der Waals surface area contributed by atoms with E-state index in [1.165, 1.54) is 12.4 Å². The lowest BCUT2D eigenvalue weighted by atomic mass is 10.2. The average molecular weight is 323 g/mol. The van der Waals surface area contributed by atoms with E-state index in [0.717, 1.165) is 15.8 Å². The number of aromatic nitrogens is 3. The van der Waals surface area contributed by atoms with Crippen LogP contribution in [0.25, 0.3) is 6.08 Å². The van der Waals surface area contributed by atoms with Crippen LogP contribution in [0.15, 0.2) is 35.1 Å². The maximum atomic E-state index is 11.6. The molecule has 1 amide bonds. The molecule has 0 fully saturated rings. The zero-order valence-corrected chi connectivity index (χ0v) is 11.6. The Hall–Kier alpha value is -2.15. The minimum atomic E-state index is -0.288. The molecule has 0 radical (unpaired) electrons. The molecule has 7 heteroatoms. The first-order valence-electron chi connectivity index (χ1n) is 5.37. The number of ether oxygens (including phenoxy) is 1. The van der Waals surface area contributed by atoms with Crippen LogP contribution in [0, 0.1) is 0 Å². The smallest absolute Gasteiger partial charge is 0.250 e. The van der Waals surface area contributed by atoms with Crippen molar-refractivity contribution in [3.63, 3.8) is 0 Å². The molecule has 6 nitrogen and oxygen atoms in total. The van der Waals surface area contributed by atoms with Crippen LogP contribution in [0.2, 0.25) is 0 Å². The molecule has 0 saturated heterocycles. The first kappa shape index (κ1) is 13.3. The maximum Gasteiger partial charge on any atom is 0.250 e. The Balaban J connectivity index is 2.02. The number of amides is 1. The Morgan fingerprint density at radius 1 is 1.53 bits per heavy atom. The number of hydrogen-bond donors (Lipinski definition) is 2.